The monoisotopic (exact) mass is 175 g/mol. The molecule has 2 amide bonds. The van der Waals surface area contributed by atoms with Crippen LogP contribution in [-0.4, -0.2) is 24.0 Å². The molecule has 0 unspecified atom stereocenters. The SMILES string of the molecule is CCCNC(=O)NC(=N)SC. The van der Waals surface area contributed by atoms with Crippen molar-refractivity contribution in [2.75, 3.05) is 12.8 Å². The summed E-state index contributed by atoms with van der Waals surface area (Å²) in [5, 5.41) is 12.2. The van der Waals surface area contributed by atoms with Crippen molar-refractivity contribution in [1.29, 1.82) is 5.41 Å². The van der Waals surface area contributed by atoms with E-state index in [1.165, 1.54) is 11.8 Å². The lowest BCUT2D eigenvalue weighted by Crippen LogP contribution is -2.38. The zero-order chi connectivity index (χ0) is 8.69. The fraction of sp³-hybridized carbons (Fsp3) is 0.667. The lowest BCUT2D eigenvalue weighted by atomic mass is 10.5. The van der Waals surface area contributed by atoms with Gasteiger partial charge in [-0.2, -0.15) is 0 Å². The average molecular weight is 175 g/mol. The van der Waals surface area contributed by atoms with E-state index in [0.717, 1.165) is 6.42 Å². The first-order valence-electron chi connectivity index (χ1n) is 3.38. The first-order chi connectivity index (χ1) is 5.20. The minimum absolute atomic E-state index is 0.165. The summed E-state index contributed by atoms with van der Waals surface area (Å²) < 4.78 is 0. The van der Waals surface area contributed by atoms with E-state index in [1.807, 2.05) is 6.92 Å². The number of amides is 2. The number of nitrogens with one attached hydrogen (secondary N) is 3. The lowest BCUT2D eigenvalue weighted by molar-refractivity contribution is 0.245. The molecule has 5 heteroatoms. The maximum Gasteiger partial charge on any atom is 0.320 e. The molecule has 0 aliphatic rings. The van der Waals surface area contributed by atoms with Crippen molar-refractivity contribution < 1.29 is 4.79 Å². The van der Waals surface area contributed by atoms with Crippen LogP contribution in [0.15, 0.2) is 0 Å². The molecule has 0 aromatic heterocycles. The van der Waals surface area contributed by atoms with Gasteiger partial charge in [-0.05, 0) is 12.7 Å². The Balaban J connectivity index is 3.44. The minimum Gasteiger partial charge on any atom is -0.338 e. The van der Waals surface area contributed by atoms with Crippen molar-refractivity contribution in [3.05, 3.63) is 0 Å². The Morgan fingerprint density at radius 2 is 2.27 bits per heavy atom. The molecule has 0 atom stereocenters. The van der Waals surface area contributed by atoms with E-state index in [-0.39, 0.29) is 11.2 Å². The summed E-state index contributed by atoms with van der Waals surface area (Å²) in [7, 11) is 0. The van der Waals surface area contributed by atoms with E-state index in [9.17, 15) is 4.79 Å². The molecule has 0 heterocycles. The molecular weight excluding hydrogens is 162 g/mol. The molecule has 0 rings (SSSR count). The summed E-state index contributed by atoms with van der Waals surface area (Å²) >= 11 is 1.20. The highest BCUT2D eigenvalue weighted by Crippen LogP contribution is 1.89. The van der Waals surface area contributed by atoms with Gasteiger partial charge in [0.15, 0.2) is 5.17 Å². The van der Waals surface area contributed by atoms with E-state index in [0.29, 0.717) is 6.54 Å². The number of thioether (sulfide) groups is 1. The third-order valence-electron chi connectivity index (χ3n) is 0.967. The zero-order valence-electron chi connectivity index (χ0n) is 6.73. The second kappa shape index (κ2) is 6.03. The molecule has 0 bridgehead atoms. The third kappa shape index (κ3) is 5.72. The molecule has 0 aliphatic carbocycles. The molecule has 0 radical (unpaired) electrons. The molecule has 0 aromatic rings. The Hall–Kier alpha value is -0.710. The van der Waals surface area contributed by atoms with Gasteiger partial charge in [0.05, 0.1) is 0 Å². The van der Waals surface area contributed by atoms with Crippen LogP contribution in [0.4, 0.5) is 4.79 Å². The van der Waals surface area contributed by atoms with Gasteiger partial charge in [0.25, 0.3) is 0 Å². The third-order valence-corrected chi connectivity index (χ3v) is 1.48. The van der Waals surface area contributed by atoms with Gasteiger partial charge in [0.1, 0.15) is 0 Å². The standard InChI is InChI=1S/C6H13N3OS/c1-3-4-8-6(10)9-5(7)11-2/h3-4H2,1-2H3,(H3,7,8,9,10). The van der Waals surface area contributed by atoms with Gasteiger partial charge in [-0.1, -0.05) is 18.7 Å². The van der Waals surface area contributed by atoms with Crippen LogP contribution in [0.1, 0.15) is 13.3 Å². The topological polar surface area (TPSA) is 65.0 Å². The van der Waals surface area contributed by atoms with Gasteiger partial charge in [-0.3, -0.25) is 10.7 Å². The second-order valence-electron chi connectivity index (χ2n) is 1.91. The Bertz CT molecular complexity index is 149. The second-order valence-corrected chi connectivity index (χ2v) is 2.73. The molecule has 11 heavy (non-hydrogen) atoms. The van der Waals surface area contributed by atoms with E-state index in [1.54, 1.807) is 6.26 Å². The van der Waals surface area contributed by atoms with E-state index in [2.05, 4.69) is 10.6 Å². The van der Waals surface area contributed by atoms with Crippen LogP contribution in [0.5, 0.6) is 0 Å². The molecule has 64 valence electrons. The minimum atomic E-state index is -0.300. The van der Waals surface area contributed by atoms with Gasteiger partial charge < -0.3 is 5.32 Å². The summed E-state index contributed by atoms with van der Waals surface area (Å²) in [6, 6.07) is -0.300. The van der Waals surface area contributed by atoms with Gasteiger partial charge in [-0.15, -0.1) is 0 Å². The molecular formula is C6H13N3OS. The molecule has 0 aromatic carbocycles. The molecule has 0 saturated carbocycles. The van der Waals surface area contributed by atoms with Gasteiger partial charge in [0.2, 0.25) is 0 Å². The molecule has 3 N–H and O–H groups in total. The summed E-state index contributed by atoms with van der Waals surface area (Å²) in [5.41, 5.74) is 0. The normalized spacial score (nSPS) is 8.91. The smallest absolute Gasteiger partial charge is 0.320 e. The first kappa shape index (κ1) is 10.3. The Morgan fingerprint density at radius 3 is 2.73 bits per heavy atom. The molecule has 0 saturated heterocycles. The fourth-order valence-electron chi connectivity index (χ4n) is 0.437. The highest BCUT2D eigenvalue weighted by Gasteiger charge is 1.99. The van der Waals surface area contributed by atoms with Crippen LogP contribution in [0.3, 0.4) is 0 Å². The predicted molar refractivity (Wildman–Crippen MR) is 48.1 cm³/mol. The van der Waals surface area contributed by atoms with Crippen molar-refractivity contribution in [1.82, 2.24) is 10.6 Å². The van der Waals surface area contributed by atoms with Crippen molar-refractivity contribution in [2.24, 2.45) is 0 Å². The quantitative estimate of drug-likeness (QED) is 0.433. The number of rotatable bonds is 2. The van der Waals surface area contributed by atoms with Crippen LogP contribution in [0.2, 0.25) is 0 Å². The van der Waals surface area contributed by atoms with Crippen LogP contribution in [0, 0.1) is 5.41 Å². The summed E-state index contributed by atoms with van der Waals surface area (Å²) in [6.45, 7) is 2.62. The van der Waals surface area contributed by atoms with Crippen LogP contribution in [0.25, 0.3) is 0 Å². The van der Waals surface area contributed by atoms with Crippen molar-refractivity contribution in [3.63, 3.8) is 0 Å². The van der Waals surface area contributed by atoms with Crippen LogP contribution in [-0.2, 0) is 0 Å². The van der Waals surface area contributed by atoms with Crippen LogP contribution < -0.4 is 10.6 Å². The van der Waals surface area contributed by atoms with Crippen molar-refractivity contribution >= 4 is 23.0 Å². The number of hydrogen-bond acceptors (Lipinski definition) is 3. The maximum atomic E-state index is 10.8. The number of hydrogen-bond donors (Lipinski definition) is 3. The van der Waals surface area contributed by atoms with Crippen molar-refractivity contribution in [3.8, 4) is 0 Å². The molecule has 4 nitrogen and oxygen atoms in total. The molecule has 0 spiro atoms. The van der Waals surface area contributed by atoms with Gasteiger partial charge in [-0.25, -0.2) is 4.79 Å². The maximum absolute atomic E-state index is 10.8. The van der Waals surface area contributed by atoms with Crippen LogP contribution >= 0.6 is 11.8 Å². The van der Waals surface area contributed by atoms with E-state index >= 15 is 0 Å². The number of amidine groups is 1. The first-order valence-corrected chi connectivity index (χ1v) is 4.60. The van der Waals surface area contributed by atoms with E-state index in [4.69, 9.17) is 5.41 Å². The number of carbonyl (C=O) groups is 1. The fourth-order valence-corrected chi connectivity index (χ4v) is 0.632. The van der Waals surface area contributed by atoms with Gasteiger partial charge >= 0.3 is 6.03 Å². The number of urea groups is 1. The Morgan fingerprint density at radius 1 is 1.64 bits per heavy atom. The predicted octanol–water partition coefficient (Wildman–Crippen LogP) is 0.993. The molecule has 0 aliphatic heterocycles. The number of carbonyl (C=O) groups excluding carboxylic acids is 1. The highest BCUT2D eigenvalue weighted by molar-refractivity contribution is 8.13. The summed E-state index contributed by atoms with van der Waals surface area (Å²) in [4.78, 5) is 10.8. The lowest BCUT2D eigenvalue weighted by Gasteiger charge is -2.04. The average Bonchev–Trinajstić information content (AvgIpc) is 2.00. The Labute approximate surface area is 70.6 Å². The van der Waals surface area contributed by atoms with Crippen molar-refractivity contribution in [2.45, 2.75) is 13.3 Å². The zero-order valence-corrected chi connectivity index (χ0v) is 7.55. The van der Waals surface area contributed by atoms with E-state index < -0.39 is 0 Å². The highest BCUT2D eigenvalue weighted by atomic mass is 32.2. The largest absolute Gasteiger partial charge is 0.338 e. The summed E-state index contributed by atoms with van der Waals surface area (Å²) in [5.74, 6) is 0. The van der Waals surface area contributed by atoms with Gasteiger partial charge in [0, 0.05) is 6.54 Å². The Kier molecular flexibility index (Phi) is 5.64. The molecule has 0 fully saturated rings. The summed E-state index contributed by atoms with van der Waals surface area (Å²) in [6.07, 6.45) is 2.64.